The summed E-state index contributed by atoms with van der Waals surface area (Å²) in [6.07, 6.45) is 3.12. The van der Waals surface area contributed by atoms with Gasteiger partial charge in [-0.2, -0.15) is 0 Å². The quantitative estimate of drug-likeness (QED) is 0.507. The minimum Gasteiger partial charge on any atom is -0.492 e. The van der Waals surface area contributed by atoms with E-state index in [2.05, 4.69) is 11.8 Å². The van der Waals surface area contributed by atoms with E-state index in [0.717, 1.165) is 6.08 Å². The number of carboxylic acids is 1. The van der Waals surface area contributed by atoms with Gasteiger partial charge < -0.3 is 19.3 Å². The second-order valence-electron chi connectivity index (χ2n) is 3.94. The number of fused-ring (bicyclic) bond motifs is 1. The van der Waals surface area contributed by atoms with Crippen molar-refractivity contribution in [2.24, 2.45) is 0 Å². The molecule has 1 aliphatic heterocycles. The Morgan fingerprint density at radius 3 is 2.90 bits per heavy atom. The maximum atomic E-state index is 10.6. The van der Waals surface area contributed by atoms with Gasteiger partial charge in [0.2, 0.25) is 6.79 Å². The highest BCUT2D eigenvalue weighted by Gasteiger charge is 2.17. The Kier molecular flexibility index (Phi) is 4.51. The summed E-state index contributed by atoms with van der Waals surface area (Å²) in [6, 6.07) is 3.39. The van der Waals surface area contributed by atoms with Crippen molar-refractivity contribution in [3.63, 3.8) is 0 Å². The summed E-state index contributed by atoms with van der Waals surface area (Å²) in [5, 5.41) is 8.70. The van der Waals surface area contributed by atoms with E-state index in [1.165, 1.54) is 6.08 Å². The second kappa shape index (κ2) is 6.53. The largest absolute Gasteiger partial charge is 0.492 e. The lowest BCUT2D eigenvalue weighted by molar-refractivity contribution is -0.131. The molecule has 20 heavy (non-hydrogen) atoms. The van der Waals surface area contributed by atoms with Crippen LogP contribution in [0.4, 0.5) is 0 Å². The van der Waals surface area contributed by atoms with Crippen molar-refractivity contribution in [1.82, 2.24) is 0 Å². The Labute approximate surface area is 116 Å². The molecule has 0 radical (unpaired) electrons. The number of aliphatic carboxylic acids is 1. The molecular weight excluding hydrogens is 260 g/mol. The molecule has 0 aliphatic carbocycles. The fraction of sp³-hybridized carbons (Fsp3) is 0.267. The Hall–Kier alpha value is -2.61. The first kappa shape index (κ1) is 13.8. The Bertz CT molecular complexity index is 592. The first-order valence-electron chi connectivity index (χ1n) is 6.08. The van der Waals surface area contributed by atoms with E-state index in [0.29, 0.717) is 35.8 Å². The summed E-state index contributed by atoms with van der Waals surface area (Å²) >= 11 is 0. The SMILES string of the molecule is CC#CCCOc1cc2c(cc1/C=C/C(=O)O)OCO2. The van der Waals surface area contributed by atoms with E-state index in [9.17, 15) is 4.79 Å². The second-order valence-corrected chi connectivity index (χ2v) is 3.94. The number of ether oxygens (including phenoxy) is 3. The molecule has 5 heteroatoms. The normalized spacial score (nSPS) is 12.1. The van der Waals surface area contributed by atoms with Crippen LogP contribution in [0.5, 0.6) is 17.2 Å². The molecular formula is C15H14O5. The van der Waals surface area contributed by atoms with Crippen LogP contribution in [0.1, 0.15) is 18.9 Å². The number of hydrogen-bond donors (Lipinski definition) is 1. The van der Waals surface area contributed by atoms with Crippen LogP contribution in [-0.2, 0) is 4.79 Å². The first-order chi connectivity index (χ1) is 9.70. The maximum absolute atomic E-state index is 10.6. The summed E-state index contributed by atoms with van der Waals surface area (Å²) in [5.41, 5.74) is 0.626. The van der Waals surface area contributed by atoms with Crippen molar-refractivity contribution in [3.05, 3.63) is 23.8 Å². The van der Waals surface area contributed by atoms with E-state index in [1.807, 2.05) is 0 Å². The molecule has 1 heterocycles. The van der Waals surface area contributed by atoms with Gasteiger partial charge in [-0.3, -0.25) is 0 Å². The average Bonchev–Trinajstić information content (AvgIpc) is 2.87. The Balaban J connectivity index is 2.21. The topological polar surface area (TPSA) is 65.0 Å². The zero-order chi connectivity index (χ0) is 14.4. The van der Waals surface area contributed by atoms with Gasteiger partial charge in [0.1, 0.15) is 5.75 Å². The molecule has 5 nitrogen and oxygen atoms in total. The molecule has 0 fully saturated rings. The molecule has 0 saturated heterocycles. The molecule has 0 spiro atoms. The monoisotopic (exact) mass is 274 g/mol. The van der Waals surface area contributed by atoms with E-state index in [-0.39, 0.29) is 6.79 Å². The molecule has 0 saturated carbocycles. The van der Waals surface area contributed by atoms with Crippen LogP contribution >= 0.6 is 0 Å². The maximum Gasteiger partial charge on any atom is 0.328 e. The summed E-state index contributed by atoms with van der Waals surface area (Å²) in [7, 11) is 0. The highest BCUT2D eigenvalue weighted by molar-refractivity contribution is 5.86. The van der Waals surface area contributed by atoms with Gasteiger partial charge in [0.05, 0.1) is 6.61 Å². The summed E-state index contributed by atoms with van der Waals surface area (Å²) in [6.45, 7) is 2.35. The number of hydrogen-bond acceptors (Lipinski definition) is 4. The Morgan fingerprint density at radius 1 is 1.45 bits per heavy atom. The minimum absolute atomic E-state index is 0.155. The number of carbonyl (C=O) groups is 1. The van der Waals surface area contributed by atoms with Crippen molar-refractivity contribution in [3.8, 4) is 29.1 Å². The summed E-state index contributed by atoms with van der Waals surface area (Å²) in [4.78, 5) is 10.6. The van der Waals surface area contributed by atoms with E-state index in [1.54, 1.807) is 19.1 Å². The molecule has 1 aromatic rings. The molecule has 0 unspecified atom stereocenters. The van der Waals surface area contributed by atoms with Crippen LogP contribution < -0.4 is 14.2 Å². The molecule has 0 atom stereocenters. The third-order valence-electron chi connectivity index (χ3n) is 2.57. The first-order valence-corrected chi connectivity index (χ1v) is 6.08. The number of carboxylic acid groups (broad SMARTS) is 1. The lowest BCUT2D eigenvalue weighted by Crippen LogP contribution is -1.98. The molecule has 0 bridgehead atoms. The van der Waals surface area contributed by atoms with Crippen LogP contribution in [-0.4, -0.2) is 24.5 Å². The molecule has 1 aliphatic rings. The van der Waals surface area contributed by atoms with Gasteiger partial charge in [-0.05, 0) is 19.1 Å². The Morgan fingerprint density at radius 2 is 2.20 bits per heavy atom. The molecule has 2 rings (SSSR count). The van der Waals surface area contributed by atoms with Gasteiger partial charge in [0.25, 0.3) is 0 Å². The predicted molar refractivity (Wildman–Crippen MR) is 72.8 cm³/mol. The predicted octanol–water partition coefficient (Wildman–Crippen LogP) is 2.31. The van der Waals surface area contributed by atoms with Gasteiger partial charge in [0, 0.05) is 24.1 Å². The van der Waals surface area contributed by atoms with Crippen molar-refractivity contribution in [1.29, 1.82) is 0 Å². The van der Waals surface area contributed by atoms with Crippen molar-refractivity contribution < 1.29 is 24.1 Å². The van der Waals surface area contributed by atoms with Gasteiger partial charge in [-0.1, -0.05) is 0 Å². The smallest absolute Gasteiger partial charge is 0.328 e. The van der Waals surface area contributed by atoms with Crippen molar-refractivity contribution in [2.75, 3.05) is 13.4 Å². The highest BCUT2D eigenvalue weighted by Crippen LogP contribution is 2.38. The summed E-state index contributed by atoms with van der Waals surface area (Å²) in [5.74, 6) is 6.38. The third kappa shape index (κ3) is 3.45. The van der Waals surface area contributed by atoms with Gasteiger partial charge >= 0.3 is 5.97 Å². The van der Waals surface area contributed by atoms with Crippen LogP contribution in [0.15, 0.2) is 18.2 Å². The molecule has 0 amide bonds. The fourth-order valence-electron chi connectivity index (χ4n) is 1.69. The van der Waals surface area contributed by atoms with Gasteiger partial charge in [-0.15, -0.1) is 11.8 Å². The average molecular weight is 274 g/mol. The zero-order valence-corrected chi connectivity index (χ0v) is 11.0. The van der Waals surface area contributed by atoms with Crippen LogP contribution in [0.2, 0.25) is 0 Å². The van der Waals surface area contributed by atoms with Crippen LogP contribution in [0, 0.1) is 11.8 Å². The highest BCUT2D eigenvalue weighted by atomic mass is 16.7. The van der Waals surface area contributed by atoms with E-state index < -0.39 is 5.97 Å². The zero-order valence-electron chi connectivity index (χ0n) is 11.0. The standard InChI is InChI=1S/C15H14O5/c1-2-3-4-7-18-12-9-14-13(19-10-20-14)8-11(12)5-6-15(16)17/h5-6,8-9H,4,7,10H2,1H3,(H,16,17)/b6-5+. The minimum atomic E-state index is -1.02. The van der Waals surface area contributed by atoms with Crippen LogP contribution in [0.3, 0.4) is 0 Å². The van der Waals surface area contributed by atoms with Crippen LogP contribution in [0.25, 0.3) is 6.08 Å². The van der Waals surface area contributed by atoms with Gasteiger partial charge in [0.15, 0.2) is 11.5 Å². The molecule has 104 valence electrons. The summed E-state index contributed by atoms with van der Waals surface area (Å²) < 4.78 is 16.2. The number of benzene rings is 1. The number of rotatable bonds is 5. The van der Waals surface area contributed by atoms with E-state index >= 15 is 0 Å². The lowest BCUT2D eigenvalue weighted by Gasteiger charge is -2.09. The van der Waals surface area contributed by atoms with E-state index in [4.69, 9.17) is 19.3 Å². The fourth-order valence-corrected chi connectivity index (χ4v) is 1.69. The van der Waals surface area contributed by atoms with Crippen molar-refractivity contribution in [2.45, 2.75) is 13.3 Å². The molecule has 1 aromatic carbocycles. The third-order valence-corrected chi connectivity index (χ3v) is 2.57. The van der Waals surface area contributed by atoms with Crippen molar-refractivity contribution >= 4 is 12.0 Å². The lowest BCUT2D eigenvalue weighted by atomic mass is 10.1. The van der Waals surface area contributed by atoms with Gasteiger partial charge in [-0.25, -0.2) is 4.79 Å². The molecule has 1 N–H and O–H groups in total. The molecule has 0 aromatic heterocycles.